The van der Waals surface area contributed by atoms with Crippen molar-refractivity contribution < 1.29 is 19.1 Å². The Balaban J connectivity index is 2.21. The zero-order valence-electron chi connectivity index (χ0n) is 13.7. The molecule has 0 saturated heterocycles. The predicted octanol–water partition coefficient (Wildman–Crippen LogP) is 0.361. The summed E-state index contributed by atoms with van der Waals surface area (Å²) in [5, 5.41) is 5.02. The predicted molar refractivity (Wildman–Crippen MR) is 85.3 cm³/mol. The Morgan fingerprint density at radius 3 is 2.65 bits per heavy atom. The van der Waals surface area contributed by atoms with Crippen LogP contribution in [0.15, 0.2) is 18.2 Å². The number of carbonyl (C=O) groups is 3. The van der Waals surface area contributed by atoms with Crippen LogP contribution in [0.4, 0.5) is 5.69 Å². The second-order valence-electron chi connectivity index (χ2n) is 5.61. The van der Waals surface area contributed by atoms with Gasteiger partial charge >= 0.3 is 0 Å². The van der Waals surface area contributed by atoms with Crippen LogP contribution in [0.5, 0.6) is 5.75 Å². The van der Waals surface area contributed by atoms with Gasteiger partial charge in [-0.25, -0.2) is 0 Å². The monoisotopic (exact) mass is 319 g/mol. The summed E-state index contributed by atoms with van der Waals surface area (Å²) in [5.41, 5.74) is -0.107. The van der Waals surface area contributed by atoms with Gasteiger partial charge in [0.25, 0.3) is 17.4 Å². The fourth-order valence-corrected chi connectivity index (χ4v) is 2.40. The number of aryl methyl sites for hydroxylation is 1. The molecule has 1 atom stereocenters. The highest BCUT2D eigenvalue weighted by molar-refractivity contribution is 6.16. The number of likely N-dealkylation sites (N-methyl/N-ethyl adjacent to an activating group) is 2. The third-order valence-corrected chi connectivity index (χ3v) is 3.72. The van der Waals surface area contributed by atoms with E-state index in [4.69, 9.17) is 4.74 Å². The first-order valence-electron chi connectivity index (χ1n) is 7.42. The van der Waals surface area contributed by atoms with Gasteiger partial charge in [-0.05, 0) is 38.5 Å². The molecule has 1 aromatic rings. The zero-order chi connectivity index (χ0) is 17.2. The average molecular weight is 319 g/mol. The number of carbonyl (C=O) groups excluding carboxylic acids is 3. The normalized spacial score (nSPS) is 19.7. The lowest BCUT2D eigenvalue weighted by atomic mass is 10.00. The van der Waals surface area contributed by atoms with Crippen LogP contribution >= 0.6 is 0 Å². The fourth-order valence-electron chi connectivity index (χ4n) is 2.40. The lowest BCUT2D eigenvalue weighted by Gasteiger charge is -2.38. The molecule has 0 fully saturated rings. The van der Waals surface area contributed by atoms with E-state index in [2.05, 4.69) is 10.6 Å². The van der Waals surface area contributed by atoms with Crippen molar-refractivity contribution in [2.24, 2.45) is 0 Å². The molecule has 7 heteroatoms. The molecule has 2 rings (SSSR count). The largest absolute Gasteiger partial charge is 0.466 e. The van der Waals surface area contributed by atoms with Gasteiger partial charge in [0.1, 0.15) is 5.75 Å². The molecule has 23 heavy (non-hydrogen) atoms. The second-order valence-corrected chi connectivity index (χ2v) is 5.61. The van der Waals surface area contributed by atoms with Gasteiger partial charge in [-0.1, -0.05) is 6.07 Å². The van der Waals surface area contributed by atoms with Crippen molar-refractivity contribution in [3.05, 3.63) is 23.8 Å². The number of anilines is 1. The standard InChI is InChI=1S/C16H21N3O4/c1-5-17-13(20)9-18-14(21)16(3)15(22)19(4)11-8-10(2)6-7-12(11)23-16/h6-8H,5,9H2,1-4H3,(H,17,20)(H,18,21). The molecule has 2 N–H and O–H groups in total. The Morgan fingerprint density at radius 2 is 2.00 bits per heavy atom. The molecule has 1 aliphatic rings. The molecule has 1 heterocycles. The number of ether oxygens (including phenoxy) is 1. The summed E-state index contributed by atoms with van der Waals surface area (Å²) in [5.74, 6) is -0.999. The van der Waals surface area contributed by atoms with Crippen molar-refractivity contribution in [3.8, 4) is 5.75 Å². The van der Waals surface area contributed by atoms with Crippen LogP contribution in [0.1, 0.15) is 19.4 Å². The molecule has 7 nitrogen and oxygen atoms in total. The summed E-state index contributed by atoms with van der Waals surface area (Å²) in [6.45, 7) is 5.36. The van der Waals surface area contributed by atoms with Gasteiger partial charge < -0.3 is 20.3 Å². The quantitative estimate of drug-likeness (QED) is 0.785. The van der Waals surface area contributed by atoms with E-state index in [-0.39, 0.29) is 12.5 Å². The minimum absolute atomic E-state index is 0.205. The number of fused-ring (bicyclic) bond motifs is 1. The highest BCUT2D eigenvalue weighted by Gasteiger charge is 2.49. The molecule has 0 aliphatic carbocycles. The second kappa shape index (κ2) is 6.28. The molecule has 1 aromatic carbocycles. The van der Waals surface area contributed by atoms with Gasteiger partial charge in [0, 0.05) is 13.6 Å². The van der Waals surface area contributed by atoms with E-state index in [1.807, 2.05) is 19.1 Å². The van der Waals surface area contributed by atoms with Gasteiger partial charge in [0.15, 0.2) is 0 Å². The lowest BCUT2D eigenvalue weighted by Crippen LogP contribution is -2.62. The Kier molecular flexibility index (Phi) is 4.58. The van der Waals surface area contributed by atoms with Gasteiger partial charge in [-0.3, -0.25) is 14.4 Å². The molecule has 1 aliphatic heterocycles. The van der Waals surface area contributed by atoms with Crippen LogP contribution in [-0.2, 0) is 14.4 Å². The number of amides is 3. The molecule has 0 aromatic heterocycles. The van der Waals surface area contributed by atoms with E-state index >= 15 is 0 Å². The lowest BCUT2D eigenvalue weighted by molar-refractivity contribution is -0.148. The van der Waals surface area contributed by atoms with Gasteiger partial charge in [0.2, 0.25) is 5.91 Å². The van der Waals surface area contributed by atoms with E-state index in [0.29, 0.717) is 18.0 Å². The Hall–Kier alpha value is -2.57. The molecule has 1 unspecified atom stereocenters. The van der Waals surface area contributed by atoms with E-state index in [1.165, 1.54) is 11.8 Å². The summed E-state index contributed by atoms with van der Waals surface area (Å²) in [4.78, 5) is 37.8. The van der Waals surface area contributed by atoms with Gasteiger partial charge in [-0.15, -0.1) is 0 Å². The highest BCUT2D eigenvalue weighted by atomic mass is 16.5. The molecular formula is C16H21N3O4. The first-order valence-corrected chi connectivity index (χ1v) is 7.42. The van der Waals surface area contributed by atoms with E-state index < -0.39 is 17.4 Å². The van der Waals surface area contributed by atoms with Crippen molar-refractivity contribution >= 4 is 23.4 Å². The van der Waals surface area contributed by atoms with E-state index in [0.717, 1.165) is 5.56 Å². The third-order valence-electron chi connectivity index (χ3n) is 3.72. The zero-order valence-corrected chi connectivity index (χ0v) is 13.7. The molecule has 0 spiro atoms. The summed E-state index contributed by atoms with van der Waals surface area (Å²) in [6.07, 6.45) is 0. The van der Waals surface area contributed by atoms with Gasteiger partial charge in [0.05, 0.1) is 12.2 Å². The van der Waals surface area contributed by atoms with Crippen LogP contribution in [-0.4, -0.2) is 43.5 Å². The summed E-state index contributed by atoms with van der Waals surface area (Å²) < 4.78 is 5.68. The maximum absolute atomic E-state index is 12.6. The number of nitrogens with zero attached hydrogens (tertiary/aromatic N) is 1. The number of hydrogen-bond acceptors (Lipinski definition) is 4. The number of rotatable bonds is 4. The molecule has 0 bridgehead atoms. The average Bonchev–Trinajstić information content (AvgIpc) is 2.51. The molecular weight excluding hydrogens is 298 g/mol. The van der Waals surface area contributed by atoms with Crippen molar-refractivity contribution in [3.63, 3.8) is 0 Å². The van der Waals surface area contributed by atoms with Crippen molar-refractivity contribution in [1.82, 2.24) is 10.6 Å². The van der Waals surface area contributed by atoms with Crippen LogP contribution in [0.2, 0.25) is 0 Å². The maximum Gasteiger partial charge on any atom is 0.280 e. The Bertz CT molecular complexity index is 659. The van der Waals surface area contributed by atoms with Crippen LogP contribution in [0, 0.1) is 6.92 Å². The first-order chi connectivity index (χ1) is 10.8. The van der Waals surface area contributed by atoms with Crippen LogP contribution < -0.4 is 20.3 Å². The minimum atomic E-state index is -1.70. The third kappa shape index (κ3) is 3.13. The van der Waals surface area contributed by atoms with Crippen molar-refractivity contribution in [2.45, 2.75) is 26.4 Å². The maximum atomic E-state index is 12.6. The van der Waals surface area contributed by atoms with Gasteiger partial charge in [-0.2, -0.15) is 0 Å². The molecule has 0 radical (unpaired) electrons. The SMILES string of the molecule is CCNC(=O)CNC(=O)C1(C)Oc2ccc(C)cc2N(C)C1=O. The van der Waals surface area contributed by atoms with E-state index in [9.17, 15) is 14.4 Å². The number of nitrogens with one attached hydrogen (secondary N) is 2. The smallest absolute Gasteiger partial charge is 0.280 e. The summed E-state index contributed by atoms with van der Waals surface area (Å²) in [7, 11) is 1.60. The Labute approximate surface area is 135 Å². The van der Waals surface area contributed by atoms with Crippen molar-refractivity contribution in [2.75, 3.05) is 25.0 Å². The van der Waals surface area contributed by atoms with Crippen LogP contribution in [0.25, 0.3) is 0 Å². The van der Waals surface area contributed by atoms with Crippen molar-refractivity contribution in [1.29, 1.82) is 0 Å². The Morgan fingerprint density at radius 1 is 1.30 bits per heavy atom. The summed E-state index contributed by atoms with van der Waals surface area (Å²) >= 11 is 0. The minimum Gasteiger partial charge on any atom is -0.466 e. The highest BCUT2D eigenvalue weighted by Crippen LogP contribution is 2.37. The molecule has 124 valence electrons. The topological polar surface area (TPSA) is 87.7 Å². The summed E-state index contributed by atoms with van der Waals surface area (Å²) in [6, 6.07) is 5.39. The fraction of sp³-hybridized carbons (Fsp3) is 0.438. The molecule has 0 saturated carbocycles. The van der Waals surface area contributed by atoms with Crippen LogP contribution in [0.3, 0.4) is 0 Å². The molecule has 3 amide bonds. The van der Waals surface area contributed by atoms with E-state index in [1.54, 1.807) is 20.0 Å². The number of hydrogen-bond donors (Lipinski definition) is 2. The number of benzene rings is 1. The first kappa shape index (κ1) is 16.8.